The fourth-order valence-electron chi connectivity index (χ4n) is 12.9. The van der Waals surface area contributed by atoms with E-state index < -0.39 is 97.5 Å². The Labute approximate surface area is 626 Å². The van der Waals surface area contributed by atoms with Crippen molar-refractivity contribution in [3.8, 4) is 0 Å². The molecule has 606 valence electrons. The van der Waals surface area contributed by atoms with Crippen molar-refractivity contribution < 1.29 is 80.2 Å². The first kappa shape index (κ1) is 100. The van der Waals surface area contributed by atoms with E-state index in [1.165, 1.54) is 250 Å². The number of phosphoric acid groups is 2. The predicted octanol–water partition coefficient (Wildman–Crippen LogP) is 25.1. The number of carbonyl (C=O) groups is 4. The topological polar surface area (TPSA) is 237 Å². The highest BCUT2D eigenvalue weighted by Crippen LogP contribution is 2.45. The number of carbonyl (C=O) groups excluding carboxylic acids is 4. The smallest absolute Gasteiger partial charge is 0.462 e. The summed E-state index contributed by atoms with van der Waals surface area (Å²) in [5, 5.41) is 10.6. The predicted molar refractivity (Wildman–Crippen MR) is 418 cm³/mol. The number of phosphoric ester groups is 2. The van der Waals surface area contributed by atoms with Crippen LogP contribution in [0.15, 0.2) is 0 Å². The largest absolute Gasteiger partial charge is 0.472 e. The lowest BCUT2D eigenvalue weighted by Gasteiger charge is -2.21. The zero-order valence-electron chi connectivity index (χ0n) is 66.9. The third-order valence-electron chi connectivity index (χ3n) is 19.5. The maximum atomic E-state index is 13.1. The molecule has 0 bridgehead atoms. The Morgan fingerprint density at radius 2 is 0.451 bits per heavy atom. The minimum atomic E-state index is -4.96. The lowest BCUT2D eigenvalue weighted by atomic mass is 10.0. The van der Waals surface area contributed by atoms with E-state index >= 15 is 0 Å². The van der Waals surface area contributed by atoms with E-state index in [9.17, 15) is 43.2 Å². The quantitative estimate of drug-likeness (QED) is 0.0222. The van der Waals surface area contributed by atoms with Crippen molar-refractivity contribution in [3.63, 3.8) is 0 Å². The van der Waals surface area contributed by atoms with Crippen LogP contribution in [0.2, 0.25) is 0 Å². The molecule has 3 N–H and O–H groups in total. The maximum absolute atomic E-state index is 13.1. The van der Waals surface area contributed by atoms with Gasteiger partial charge in [0.2, 0.25) is 0 Å². The lowest BCUT2D eigenvalue weighted by Crippen LogP contribution is -2.30. The molecule has 0 rings (SSSR count). The number of rotatable bonds is 82. The van der Waals surface area contributed by atoms with Gasteiger partial charge in [0.15, 0.2) is 12.2 Å². The van der Waals surface area contributed by atoms with E-state index in [-0.39, 0.29) is 25.7 Å². The monoisotopic (exact) mass is 1490 g/mol. The number of hydrogen-bond acceptors (Lipinski definition) is 15. The van der Waals surface area contributed by atoms with Gasteiger partial charge in [0.1, 0.15) is 19.3 Å². The molecular weight excluding hydrogens is 1330 g/mol. The molecule has 102 heavy (non-hydrogen) atoms. The fraction of sp³-hybridized carbons (Fsp3) is 0.952. The standard InChI is InChI=1S/C83H162O17P2/c1-7-9-11-13-15-17-19-21-23-25-26-27-28-29-31-33-35-37-42-48-55-61-67-82(87)99-78(71-93-80(85)65-59-53-47-41-36-34-32-30-24-22-20-18-16-14-12-10-8-2)73-97-101(89,90)95-69-77(84)70-96-102(91,92)98-74-79(72-94-81(86)66-60-54-50-44-46-52-58-64-76(5)6)100-83(88)68-62-56-49-43-39-38-40-45-51-57-63-75(3)4/h75-79,84H,7-74H2,1-6H3,(H,89,90)(H,91,92)/t77-,78-,79-/m1/s1. The van der Waals surface area contributed by atoms with Crippen LogP contribution in [0.3, 0.4) is 0 Å². The molecule has 0 aromatic heterocycles. The molecule has 0 fully saturated rings. The number of esters is 4. The molecule has 2 unspecified atom stereocenters. The van der Waals surface area contributed by atoms with E-state index in [1.54, 1.807) is 0 Å². The summed E-state index contributed by atoms with van der Waals surface area (Å²) in [6.07, 6.45) is 65.5. The molecule has 0 aliphatic carbocycles. The molecule has 17 nitrogen and oxygen atoms in total. The van der Waals surface area contributed by atoms with Crippen LogP contribution in [0.5, 0.6) is 0 Å². The Kier molecular flexibility index (Phi) is 73.1. The molecule has 5 atom stereocenters. The molecule has 0 aliphatic heterocycles. The van der Waals surface area contributed by atoms with Gasteiger partial charge in [-0.15, -0.1) is 0 Å². The van der Waals surface area contributed by atoms with Gasteiger partial charge >= 0.3 is 39.5 Å². The Morgan fingerprint density at radius 1 is 0.265 bits per heavy atom. The SMILES string of the molecule is CCCCCCCCCCCCCCCCCCCCCCCCC(=O)O[C@H](COC(=O)CCCCCCCCCCCCCCCCCCC)COP(=O)(O)OC[C@@H](O)COP(=O)(O)OC[C@@H](COC(=O)CCCCCCCCCC(C)C)OC(=O)CCCCCCCCCCCCC(C)C. The van der Waals surface area contributed by atoms with Gasteiger partial charge in [0, 0.05) is 25.7 Å². The highest BCUT2D eigenvalue weighted by atomic mass is 31.2. The van der Waals surface area contributed by atoms with Gasteiger partial charge in [-0.1, -0.05) is 388 Å². The highest BCUT2D eigenvalue weighted by Gasteiger charge is 2.30. The molecule has 0 spiro atoms. The molecule has 0 radical (unpaired) electrons. The summed E-state index contributed by atoms with van der Waals surface area (Å²) in [6.45, 7) is 9.57. The van der Waals surface area contributed by atoms with E-state index in [2.05, 4.69) is 41.5 Å². The van der Waals surface area contributed by atoms with E-state index in [0.29, 0.717) is 31.6 Å². The van der Waals surface area contributed by atoms with Crippen LogP contribution in [0.1, 0.15) is 440 Å². The summed E-state index contributed by atoms with van der Waals surface area (Å²) in [5.74, 6) is -0.652. The highest BCUT2D eigenvalue weighted by molar-refractivity contribution is 7.47. The number of hydrogen-bond donors (Lipinski definition) is 3. The zero-order valence-corrected chi connectivity index (χ0v) is 68.7. The summed E-state index contributed by atoms with van der Waals surface area (Å²) in [4.78, 5) is 73.1. The first-order valence-corrected chi connectivity index (χ1v) is 46.0. The second kappa shape index (κ2) is 74.5. The minimum absolute atomic E-state index is 0.105. The van der Waals surface area contributed by atoms with Crippen molar-refractivity contribution in [1.82, 2.24) is 0 Å². The van der Waals surface area contributed by atoms with Crippen LogP contribution in [-0.4, -0.2) is 96.7 Å². The van der Waals surface area contributed by atoms with Crippen LogP contribution >= 0.6 is 15.6 Å². The maximum Gasteiger partial charge on any atom is 0.472 e. The summed E-state index contributed by atoms with van der Waals surface area (Å²) in [7, 11) is -9.92. The molecular formula is C83H162O17P2. The van der Waals surface area contributed by atoms with E-state index in [0.717, 1.165) is 102 Å². The molecule has 0 saturated heterocycles. The van der Waals surface area contributed by atoms with Crippen LogP contribution in [0.4, 0.5) is 0 Å². The van der Waals surface area contributed by atoms with Gasteiger partial charge in [0.25, 0.3) is 0 Å². The van der Waals surface area contributed by atoms with Crippen LogP contribution < -0.4 is 0 Å². The van der Waals surface area contributed by atoms with Crippen molar-refractivity contribution in [2.75, 3.05) is 39.6 Å². The summed E-state index contributed by atoms with van der Waals surface area (Å²) >= 11 is 0. The summed E-state index contributed by atoms with van der Waals surface area (Å²) in [5.41, 5.74) is 0. The fourth-order valence-corrected chi connectivity index (χ4v) is 14.5. The minimum Gasteiger partial charge on any atom is -0.462 e. The van der Waals surface area contributed by atoms with Gasteiger partial charge in [-0.3, -0.25) is 37.3 Å². The summed E-state index contributed by atoms with van der Waals surface area (Å²) < 4.78 is 68.7. The van der Waals surface area contributed by atoms with Crippen LogP contribution in [0.25, 0.3) is 0 Å². The third kappa shape index (κ3) is 76.3. The van der Waals surface area contributed by atoms with E-state index in [4.69, 9.17) is 37.0 Å². The van der Waals surface area contributed by atoms with Gasteiger partial charge in [0.05, 0.1) is 26.4 Å². The van der Waals surface area contributed by atoms with Crippen molar-refractivity contribution in [3.05, 3.63) is 0 Å². The number of aliphatic hydroxyl groups is 1. The van der Waals surface area contributed by atoms with Gasteiger partial charge < -0.3 is 33.8 Å². The van der Waals surface area contributed by atoms with Gasteiger partial charge in [-0.25, -0.2) is 9.13 Å². The van der Waals surface area contributed by atoms with Gasteiger partial charge in [-0.2, -0.15) is 0 Å². The van der Waals surface area contributed by atoms with Crippen molar-refractivity contribution in [2.45, 2.75) is 458 Å². The number of ether oxygens (including phenoxy) is 4. The Bertz CT molecular complexity index is 1960. The molecule has 0 heterocycles. The molecule has 19 heteroatoms. The normalized spacial score (nSPS) is 13.9. The molecule has 0 aliphatic rings. The Hall–Kier alpha value is -1.94. The Morgan fingerprint density at radius 3 is 0.667 bits per heavy atom. The summed E-state index contributed by atoms with van der Waals surface area (Å²) in [6, 6.07) is 0. The average molecular weight is 1490 g/mol. The average Bonchev–Trinajstić information content (AvgIpc) is 0.917. The third-order valence-corrected chi connectivity index (χ3v) is 21.4. The number of unbranched alkanes of at least 4 members (excludes halogenated alkanes) is 52. The second-order valence-corrected chi connectivity index (χ2v) is 33.7. The van der Waals surface area contributed by atoms with E-state index in [1.807, 2.05) is 0 Å². The molecule has 0 amide bonds. The lowest BCUT2D eigenvalue weighted by molar-refractivity contribution is -0.161. The van der Waals surface area contributed by atoms with Crippen LogP contribution in [-0.2, 0) is 65.4 Å². The number of aliphatic hydroxyl groups excluding tert-OH is 1. The van der Waals surface area contributed by atoms with Crippen molar-refractivity contribution in [2.24, 2.45) is 11.8 Å². The van der Waals surface area contributed by atoms with Crippen molar-refractivity contribution in [1.29, 1.82) is 0 Å². The van der Waals surface area contributed by atoms with Crippen LogP contribution in [0, 0.1) is 11.8 Å². The molecule has 0 aromatic carbocycles. The first-order chi connectivity index (χ1) is 49.4. The second-order valence-electron chi connectivity index (χ2n) is 30.8. The first-order valence-electron chi connectivity index (χ1n) is 43.0. The van der Waals surface area contributed by atoms with Crippen molar-refractivity contribution >= 4 is 39.5 Å². The molecule has 0 saturated carbocycles. The van der Waals surface area contributed by atoms with Gasteiger partial charge in [-0.05, 0) is 37.5 Å². The zero-order chi connectivity index (χ0) is 74.9. The Balaban J connectivity index is 5.21. The molecule has 0 aromatic rings.